The van der Waals surface area contributed by atoms with Gasteiger partial charge < -0.3 is 9.47 Å². The van der Waals surface area contributed by atoms with Crippen molar-refractivity contribution in [2.24, 2.45) is 5.10 Å². The summed E-state index contributed by atoms with van der Waals surface area (Å²) in [5.41, 5.74) is 2.88. The Morgan fingerprint density at radius 3 is 2.46 bits per heavy atom. The highest BCUT2D eigenvalue weighted by Gasteiger charge is 2.22. The van der Waals surface area contributed by atoms with E-state index in [1.165, 1.54) is 20.4 Å². The highest BCUT2D eigenvalue weighted by atomic mass is 35.5. The van der Waals surface area contributed by atoms with Gasteiger partial charge in [0.2, 0.25) is 0 Å². The number of nitrogens with one attached hydrogen (secondary N) is 2. The van der Waals surface area contributed by atoms with Crippen molar-refractivity contribution in [2.75, 3.05) is 19.6 Å². The monoisotopic (exact) mass is 399 g/mol. The summed E-state index contributed by atoms with van der Waals surface area (Å²) in [6.45, 7) is 5.82. The Morgan fingerprint density at radius 1 is 1.23 bits per heavy atom. The molecule has 0 bridgehead atoms. The summed E-state index contributed by atoms with van der Waals surface area (Å²) in [6, 6.07) is 1.60. The first-order chi connectivity index (χ1) is 12.2. The van der Waals surface area contributed by atoms with Gasteiger partial charge in [-0.1, -0.05) is 44.0 Å². The Kier molecular flexibility index (Phi) is 6.09. The van der Waals surface area contributed by atoms with Gasteiger partial charge in [0.05, 0.1) is 25.5 Å². The zero-order valence-electron chi connectivity index (χ0n) is 15.0. The Morgan fingerprint density at radius 2 is 1.88 bits per heavy atom. The summed E-state index contributed by atoms with van der Waals surface area (Å²) >= 11 is 12.4. The number of ether oxygens (including phenoxy) is 2. The van der Waals surface area contributed by atoms with Crippen LogP contribution in [0.3, 0.4) is 0 Å². The van der Waals surface area contributed by atoms with Gasteiger partial charge in [-0.05, 0) is 6.07 Å². The molecule has 1 aromatic carbocycles. The van der Waals surface area contributed by atoms with E-state index in [0.29, 0.717) is 27.8 Å². The zero-order chi connectivity index (χ0) is 19.5. The molecule has 0 saturated heterocycles. The molecule has 0 spiro atoms. The molecule has 26 heavy (non-hydrogen) atoms. The molecule has 0 saturated carbocycles. The van der Waals surface area contributed by atoms with Crippen LogP contribution in [-0.4, -0.2) is 35.6 Å². The topological polar surface area (TPSA) is 101 Å². The van der Waals surface area contributed by atoms with E-state index in [4.69, 9.17) is 32.7 Å². The van der Waals surface area contributed by atoms with Crippen LogP contribution in [0.15, 0.2) is 16.0 Å². The van der Waals surface area contributed by atoms with E-state index in [0.717, 1.165) is 0 Å². The van der Waals surface area contributed by atoms with E-state index in [1.807, 2.05) is 20.8 Å². The molecule has 2 rings (SSSR count). The first-order valence-corrected chi connectivity index (χ1v) is 8.31. The second-order valence-electron chi connectivity index (χ2n) is 6.29. The summed E-state index contributed by atoms with van der Waals surface area (Å²) in [4.78, 5) is 15.3. The molecular weight excluding hydrogens is 381 g/mol. The van der Waals surface area contributed by atoms with Gasteiger partial charge in [-0.3, -0.25) is 5.43 Å². The predicted octanol–water partition coefficient (Wildman–Crippen LogP) is 3.23. The van der Waals surface area contributed by atoms with Gasteiger partial charge in [0.1, 0.15) is 16.5 Å². The lowest BCUT2D eigenvalue weighted by Crippen LogP contribution is -2.24. The molecule has 2 N–H and O–H groups in total. The fourth-order valence-corrected chi connectivity index (χ4v) is 2.90. The molecule has 0 aliphatic rings. The lowest BCUT2D eigenvalue weighted by atomic mass is 9.92. The number of H-pyrrole nitrogens is 1. The van der Waals surface area contributed by atoms with Gasteiger partial charge in [0, 0.05) is 11.0 Å². The average Bonchev–Trinajstić information content (AvgIpc) is 2.54. The molecule has 0 unspecified atom stereocenters. The maximum absolute atomic E-state index is 11.5. The second-order valence-corrected chi connectivity index (χ2v) is 7.07. The van der Waals surface area contributed by atoms with Gasteiger partial charge in [-0.25, -0.2) is 9.89 Å². The minimum atomic E-state index is -0.580. The largest absolute Gasteiger partial charge is 0.494 e. The van der Waals surface area contributed by atoms with Crippen LogP contribution in [-0.2, 0) is 5.41 Å². The SMILES string of the molecule is COc1c(Cl)cc(/C=N/Nc2nc(=O)[nH]nc2C(C)(C)C)c(OC)c1Cl. The van der Waals surface area contributed by atoms with Crippen LogP contribution < -0.4 is 20.6 Å². The second kappa shape index (κ2) is 7.92. The molecule has 0 radical (unpaired) electrons. The van der Waals surface area contributed by atoms with Crippen molar-refractivity contribution in [3.8, 4) is 11.5 Å². The number of hydrogen-bond donors (Lipinski definition) is 2. The Labute approximate surface area is 160 Å². The molecule has 2 aromatic rings. The molecule has 0 fully saturated rings. The number of hydrazone groups is 1. The van der Waals surface area contributed by atoms with Crippen molar-refractivity contribution in [3.05, 3.63) is 37.9 Å². The van der Waals surface area contributed by atoms with E-state index < -0.39 is 5.69 Å². The van der Waals surface area contributed by atoms with Gasteiger partial charge in [-0.2, -0.15) is 15.2 Å². The molecule has 0 aliphatic heterocycles. The lowest BCUT2D eigenvalue weighted by Gasteiger charge is -2.18. The normalized spacial score (nSPS) is 11.7. The zero-order valence-corrected chi connectivity index (χ0v) is 16.5. The third kappa shape index (κ3) is 4.25. The molecule has 1 aromatic heterocycles. The van der Waals surface area contributed by atoms with E-state index in [1.54, 1.807) is 6.07 Å². The molecule has 1 heterocycles. The van der Waals surface area contributed by atoms with Crippen molar-refractivity contribution >= 4 is 35.2 Å². The third-order valence-corrected chi connectivity index (χ3v) is 3.98. The molecular formula is C16H19Cl2N5O3. The Balaban J connectivity index is 2.39. The first kappa shape index (κ1) is 20.0. The maximum atomic E-state index is 11.5. The minimum absolute atomic E-state index is 0.232. The summed E-state index contributed by atoms with van der Waals surface area (Å²) in [6.07, 6.45) is 1.45. The van der Waals surface area contributed by atoms with Crippen LogP contribution in [0.25, 0.3) is 0 Å². The minimum Gasteiger partial charge on any atom is -0.494 e. The van der Waals surface area contributed by atoms with Gasteiger partial charge in [0.25, 0.3) is 0 Å². The molecule has 10 heteroatoms. The van der Waals surface area contributed by atoms with Crippen molar-refractivity contribution in [1.29, 1.82) is 0 Å². The van der Waals surface area contributed by atoms with Crippen molar-refractivity contribution in [1.82, 2.24) is 15.2 Å². The Hall–Kier alpha value is -2.32. The summed E-state index contributed by atoms with van der Waals surface area (Å²) < 4.78 is 10.5. The van der Waals surface area contributed by atoms with Crippen LogP contribution in [0.4, 0.5) is 5.82 Å². The quantitative estimate of drug-likeness (QED) is 0.590. The van der Waals surface area contributed by atoms with Crippen LogP contribution in [0.5, 0.6) is 11.5 Å². The standard InChI is InChI=1S/C16H19Cl2N5O3/c1-16(2,3)13-14(20-15(24)23-21-13)22-19-7-8-6-9(17)12(26-5)10(18)11(8)25-4/h6-7H,1-5H3,(H2,20,22,23,24)/b19-7+. The first-order valence-electron chi connectivity index (χ1n) is 7.55. The predicted molar refractivity (Wildman–Crippen MR) is 102 cm³/mol. The van der Waals surface area contributed by atoms with Crippen LogP contribution in [0.2, 0.25) is 10.0 Å². The van der Waals surface area contributed by atoms with Crippen molar-refractivity contribution < 1.29 is 9.47 Å². The van der Waals surface area contributed by atoms with E-state index in [-0.39, 0.29) is 16.3 Å². The van der Waals surface area contributed by atoms with Gasteiger partial charge >= 0.3 is 5.69 Å². The molecule has 140 valence electrons. The Bertz CT molecular complexity index is 891. The summed E-state index contributed by atoms with van der Waals surface area (Å²) in [5, 5.41) is 11.0. The smallest absolute Gasteiger partial charge is 0.363 e. The van der Waals surface area contributed by atoms with E-state index >= 15 is 0 Å². The molecule has 8 nitrogen and oxygen atoms in total. The fraction of sp³-hybridized carbons (Fsp3) is 0.375. The van der Waals surface area contributed by atoms with Crippen molar-refractivity contribution in [3.63, 3.8) is 0 Å². The highest BCUT2D eigenvalue weighted by Crippen LogP contribution is 2.41. The van der Waals surface area contributed by atoms with Gasteiger partial charge in [-0.15, -0.1) is 0 Å². The third-order valence-electron chi connectivity index (χ3n) is 3.35. The average molecular weight is 400 g/mol. The number of halogens is 2. The molecule has 0 aliphatic carbocycles. The number of benzene rings is 1. The molecule has 0 atom stereocenters. The maximum Gasteiger partial charge on any atom is 0.363 e. The van der Waals surface area contributed by atoms with Crippen LogP contribution in [0.1, 0.15) is 32.0 Å². The number of rotatable bonds is 5. The van der Waals surface area contributed by atoms with E-state index in [9.17, 15) is 4.79 Å². The number of methoxy groups -OCH3 is 2. The number of hydrogen-bond acceptors (Lipinski definition) is 7. The van der Waals surface area contributed by atoms with Crippen LogP contribution in [0, 0.1) is 0 Å². The molecule has 0 amide bonds. The van der Waals surface area contributed by atoms with Gasteiger partial charge in [0.15, 0.2) is 11.6 Å². The van der Waals surface area contributed by atoms with E-state index in [2.05, 4.69) is 25.7 Å². The van der Waals surface area contributed by atoms with Crippen molar-refractivity contribution in [2.45, 2.75) is 26.2 Å². The summed E-state index contributed by atoms with van der Waals surface area (Å²) in [7, 11) is 2.93. The number of anilines is 1. The fourth-order valence-electron chi connectivity index (χ4n) is 2.19. The number of nitrogens with zero attached hydrogens (tertiary/aromatic N) is 3. The number of aromatic nitrogens is 3. The highest BCUT2D eigenvalue weighted by molar-refractivity contribution is 6.38. The van der Waals surface area contributed by atoms with Crippen LogP contribution >= 0.6 is 23.2 Å². The lowest BCUT2D eigenvalue weighted by molar-refractivity contribution is 0.394. The number of aromatic amines is 1. The summed E-state index contributed by atoms with van der Waals surface area (Å²) in [5.74, 6) is 0.916.